The minimum absolute atomic E-state index is 0.0476. The molecule has 8 heteroatoms. The molecule has 0 bridgehead atoms. The molecule has 0 radical (unpaired) electrons. The zero-order valence-corrected chi connectivity index (χ0v) is 15.5. The lowest BCUT2D eigenvalue weighted by atomic mass is 10.1. The molecule has 148 valence electrons. The number of anilines is 4. The molecular formula is C22H14N4O4-2. The number of aromatic nitrogens is 2. The van der Waals surface area contributed by atoms with E-state index in [2.05, 4.69) is 20.6 Å². The van der Waals surface area contributed by atoms with Crippen molar-refractivity contribution in [2.24, 2.45) is 0 Å². The summed E-state index contributed by atoms with van der Waals surface area (Å²) in [7, 11) is 0. The average Bonchev–Trinajstić information content (AvgIpc) is 2.74. The van der Waals surface area contributed by atoms with Gasteiger partial charge in [0.15, 0.2) is 11.6 Å². The maximum atomic E-state index is 11.4. The van der Waals surface area contributed by atoms with Crippen LogP contribution in [0.5, 0.6) is 0 Å². The van der Waals surface area contributed by atoms with Gasteiger partial charge >= 0.3 is 0 Å². The van der Waals surface area contributed by atoms with Crippen molar-refractivity contribution in [2.75, 3.05) is 10.6 Å². The smallest absolute Gasteiger partial charge is 0.174 e. The highest BCUT2D eigenvalue weighted by Crippen LogP contribution is 2.29. The molecule has 1 heterocycles. The highest BCUT2D eigenvalue weighted by Gasteiger charge is 2.13. The van der Waals surface area contributed by atoms with Gasteiger partial charge in [-0.15, -0.1) is 0 Å². The van der Waals surface area contributed by atoms with Crippen molar-refractivity contribution >= 4 is 46.0 Å². The Hall–Kier alpha value is -4.46. The lowest BCUT2D eigenvalue weighted by Crippen LogP contribution is -2.23. The van der Waals surface area contributed by atoms with E-state index >= 15 is 0 Å². The lowest BCUT2D eigenvalue weighted by Gasteiger charge is -2.17. The van der Waals surface area contributed by atoms with Crippen molar-refractivity contribution in [1.29, 1.82) is 0 Å². The van der Waals surface area contributed by atoms with Crippen molar-refractivity contribution in [3.05, 3.63) is 83.9 Å². The molecule has 2 N–H and O–H groups in total. The third kappa shape index (κ3) is 3.74. The Kier molecular flexibility index (Phi) is 4.96. The van der Waals surface area contributed by atoms with Crippen molar-refractivity contribution in [1.82, 2.24) is 9.97 Å². The summed E-state index contributed by atoms with van der Waals surface area (Å²) < 4.78 is 0. The monoisotopic (exact) mass is 398 g/mol. The average molecular weight is 398 g/mol. The largest absolute Gasteiger partial charge is 0.545 e. The van der Waals surface area contributed by atoms with E-state index in [0.29, 0.717) is 11.0 Å². The SMILES string of the molecule is O=C([O-])c1ccccc1Nc1nc2ccccc2nc1Nc1ccccc1C(=O)[O-]. The molecule has 4 rings (SSSR count). The summed E-state index contributed by atoms with van der Waals surface area (Å²) in [6, 6.07) is 19.6. The van der Waals surface area contributed by atoms with Crippen LogP contribution >= 0.6 is 0 Å². The molecule has 8 nitrogen and oxygen atoms in total. The van der Waals surface area contributed by atoms with Crippen molar-refractivity contribution < 1.29 is 19.8 Å². The van der Waals surface area contributed by atoms with E-state index in [1.54, 1.807) is 60.7 Å². The van der Waals surface area contributed by atoms with Gasteiger partial charge in [0.1, 0.15) is 0 Å². The van der Waals surface area contributed by atoms with Gasteiger partial charge in [-0.3, -0.25) is 0 Å². The molecular weight excluding hydrogens is 384 g/mol. The fourth-order valence-electron chi connectivity index (χ4n) is 2.97. The number of aromatic carboxylic acids is 2. The first kappa shape index (κ1) is 18.9. The third-order valence-corrected chi connectivity index (χ3v) is 4.37. The minimum atomic E-state index is -1.34. The number of carbonyl (C=O) groups excluding carboxylic acids is 2. The molecule has 0 amide bonds. The third-order valence-electron chi connectivity index (χ3n) is 4.37. The Morgan fingerprint density at radius 3 is 1.37 bits per heavy atom. The van der Waals surface area contributed by atoms with Gasteiger partial charge in [-0.25, -0.2) is 9.97 Å². The van der Waals surface area contributed by atoms with E-state index in [1.807, 2.05) is 0 Å². The van der Waals surface area contributed by atoms with Crippen LogP contribution in [0.2, 0.25) is 0 Å². The molecule has 0 aliphatic heterocycles. The second-order valence-corrected chi connectivity index (χ2v) is 6.33. The van der Waals surface area contributed by atoms with Gasteiger partial charge in [0.05, 0.1) is 23.0 Å². The van der Waals surface area contributed by atoms with Gasteiger partial charge in [-0.2, -0.15) is 0 Å². The summed E-state index contributed by atoms with van der Waals surface area (Å²) in [4.78, 5) is 31.9. The highest BCUT2D eigenvalue weighted by molar-refractivity contribution is 5.96. The topological polar surface area (TPSA) is 130 Å². The fraction of sp³-hybridized carbons (Fsp3) is 0. The number of fused-ring (bicyclic) bond motifs is 1. The second-order valence-electron chi connectivity index (χ2n) is 6.33. The van der Waals surface area contributed by atoms with Crippen LogP contribution in [0.4, 0.5) is 23.0 Å². The van der Waals surface area contributed by atoms with Crippen molar-refractivity contribution in [2.45, 2.75) is 0 Å². The number of carboxylic acid groups (broad SMARTS) is 2. The number of hydrogen-bond donors (Lipinski definition) is 2. The molecule has 0 spiro atoms. The fourth-order valence-corrected chi connectivity index (χ4v) is 2.97. The highest BCUT2D eigenvalue weighted by atomic mass is 16.4. The first-order valence-corrected chi connectivity index (χ1v) is 8.94. The van der Waals surface area contributed by atoms with E-state index < -0.39 is 11.9 Å². The zero-order chi connectivity index (χ0) is 21.1. The van der Waals surface area contributed by atoms with E-state index in [9.17, 15) is 19.8 Å². The summed E-state index contributed by atoms with van der Waals surface area (Å²) in [6.07, 6.45) is 0. The van der Waals surface area contributed by atoms with Crippen LogP contribution in [0.25, 0.3) is 11.0 Å². The maximum Gasteiger partial charge on any atom is 0.174 e. The van der Waals surface area contributed by atoms with Gasteiger partial charge < -0.3 is 30.4 Å². The first-order valence-electron chi connectivity index (χ1n) is 8.94. The molecule has 0 saturated carbocycles. The molecule has 0 atom stereocenters. The Bertz CT molecular complexity index is 1170. The first-order chi connectivity index (χ1) is 14.5. The number of nitrogens with one attached hydrogen (secondary N) is 2. The summed E-state index contributed by atoms with van der Waals surface area (Å²) in [5.41, 5.74) is 1.58. The lowest BCUT2D eigenvalue weighted by molar-refractivity contribution is -0.256. The Morgan fingerprint density at radius 2 is 0.967 bits per heavy atom. The van der Waals surface area contributed by atoms with Crippen molar-refractivity contribution in [3.8, 4) is 0 Å². The van der Waals surface area contributed by atoms with Gasteiger partial charge in [0, 0.05) is 22.5 Å². The minimum Gasteiger partial charge on any atom is -0.545 e. The summed E-state index contributed by atoms with van der Waals surface area (Å²) in [5, 5.41) is 28.8. The second kappa shape index (κ2) is 7.88. The Balaban J connectivity index is 1.83. The van der Waals surface area contributed by atoms with E-state index in [1.165, 1.54) is 12.1 Å². The van der Waals surface area contributed by atoms with Gasteiger partial charge in [-0.05, 0) is 24.3 Å². The van der Waals surface area contributed by atoms with Crippen LogP contribution in [-0.4, -0.2) is 21.9 Å². The molecule has 0 aliphatic rings. The predicted molar refractivity (Wildman–Crippen MR) is 108 cm³/mol. The van der Waals surface area contributed by atoms with Gasteiger partial charge in [-0.1, -0.05) is 48.5 Å². The van der Waals surface area contributed by atoms with Gasteiger partial charge in [0.2, 0.25) is 0 Å². The van der Waals surface area contributed by atoms with Crippen LogP contribution < -0.4 is 20.8 Å². The van der Waals surface area contributed by atoms with Crippen LogP contribution in [0.15, 0.2) is 72.8 Å². The number of para-hydroxylation sites is 4. The van der Waals surface area contributed by atoms with E-state index in [-0.39, 0.29) is 34.1 Å². The number of carbonyl (C=O) groups is 2. The molecule has 0 fully saturated rings. The van der Waals surface area contributed by atoms with Crippen LogP contribution in [0, 0.1) is 0 Å². The summed E-state index contributed by atoms with van der Waals surface area (Å²) in [5.74, 6) is -2.25. The molecule has 0 unspecified atom stereocenters. The molecule has 4 aromatic rings. The standard InChI is InChI=1S/C22H16N4O4/c27-21(28)13-7-1-3-9-15(13)23-19-20(26-18-12-6-5-11-17(18)25-19)24-16-10-4-2-8-14(16)22(29)30/h1-12H,(H,23,25)(H,24,26)(H,27,28)(H,29,30)/p-2. The van der Waals surface area contributed by atoms with Crippen molar-refractivity contribution in [3.63, 3.8) is 0 Å². The van der Waals surface area contributed by atoms with Crippen LogP contribution in [0.1, 0.15) is 20.7 Å². The summed E-state index contributed by atoms with van der Waals surface area (Å²) >= 11 is 0. The number of benzene rings is 3. The number of rotatable bonds is 6. The molecule has 0 saturated heterocycles. The van der Waals surface area contributed by atoms with E-state index in [4.69, 9.17) is 0 Å². The maximum absolute atomic E-state index is 11.4. The number of carboxylic acids is 2. The van der Waals surface area contributed by atoms with Crippen LogP contribution in [-0.2, 0) is 0 Å². The van der Waals surface area contributed by atoms with Crippen LogP contribution in [0.3, 0.4) is 0 Å². The van der Waals surface area contributed by atoms with E-state index in [0.717, 1.165) is 0 Å². The zero-order valence-electron chi connectivity index (χ0n) is 15.5. The Labute approximate surface area is 170 Å². The summed E-state index contributed by atoms with van der Waals surface area (Å²) in [6.45, 7) is 0. The molecule has 30 heavy (non-hydrogen) atoms. The normalized spacial score (nSPS) is 10.5. The Morgan fingerprint density at radius 1 is 0.600 bits per heavy atom. The predicted octanol–water partition coefficient (Wildman–Crippen LogP) is 1.84. The molecule has 0 aliphatic carbocycles. The quantitative estimate of drug-likeness (QED) is 0.503. The number of nitrogens with zero attached hydrogens (tertiary/aromatic N) is 2. The molecule has 1 aromatic heterocycles. The molecule has 3 aromatic carbocycles. The van der Waals surface area contributed by atoms with Gasteiger partial charge in [0.25, 0.3) is 0 Å². The number of hydrogen-bond acceptors (Lipinski definition) is 8.